The first-order chi connectivity index (χ1) is 12.1. The molecule has 25 heavy (non-hydrogen) atoms. The Labute approximate surface area is 155 Å². The van der Waals surface area contributed by atoms with Gasteiger partial charge in [-0.15, -0.1) is 0 Å². The molecule has 1 aliphatic rings. The number of anilines is 1. The number of halogens is 1. The molecule has 2 aromatic carbocycles. The molecule has 0 spiro atoms. The van der Waals surface area contributed by atoms with Crippen LogP contribution in [-0.4, -0.2) is 25.7 Å². The monoisotopic (exact) mass is 401 g/mol. The van der Waals surface area contributed by atoms with Gasteiger partial charge in [0.1, 0.15) is 6.61 Å². The van der Waals surface area contributed by atoms with Gasteiger partial charge in [-0.1, -0.05) is 15.9 Å². The van der Waals surface area contributed by atoms with Crippen LogP contribution in [0.15, 0.2) is 57.2 Å². The van der Waals surface area contributed by atoms with E-state index >= 15 is 0 Å². The van der Waals surface area contributed by atoms with E-state index in [-0.39, 0.29) is 5.97 Å². The van der Waals surface area contributed by atoms with Crippen LogP contribution in [0.5, 0.6) is 0 Å². The molecule has 0 amide bonds. The highest BCUT2D eigenvalue weighted by atomic mass is 79.9. The van der Waals surface area contributed by atoms with Gasteiger partial charge in [-0.3, -0.25) is 4.79 Å². The van der Waals surface area contributed by atoms with Gasteiger partial charge < -0.3 is 9.64 Å². The molecule has 1 heterocycles. The second kappa shape index (κ2) is 8.25. The lowest BCUT2D eigenvalue weighted by Gasteiger charge is -2.31. The summed E-state index contributed by atoms with van der Waals surface area (Å²) in [6, 6.07) is 13.9. The summed E-state index contributed by atoms with van der Waals surface area (Å²) in [6.07, 6.45) is 2.11. The van der Waals surface area contributed by atoms with Crippen LogP contribution >= 0.6 is 15.9 Å². The van der Waals surface area contributed by atoms with Crippen LogP contribution in [0.2, 0.25) is 0 Å². The second-order valence-corrected chi connectivity index (χ2v) is 6.84. The van der Waals surface area contributed by atoms with Gasteiger partial charge in [0, 0.05) is 23.6 Å². The maximum absolute atomic E-state index is 10.9. The van der Waals surface area contributed by atoms with E-state index in [2.05, 4.69) is 43.2 Å². The van der Waals surface area contributed by atoms with Crippen molar-refractivity contribution < 1.29 is 9.53 Å². The number of fused-ring (bicyclic) bond motifs is 1. The molecular weight excluding hydrogens is 382 g/mol. The third-order valence-electron chi connectivity index (χ3n) is 4.05. The van der Waals surface area contributed by atoms with Gasteiger partial charge in [-0.25, -0.2) is 0 Å². The van der Waals surface area contributed by atoms with Gasteiger partial charge in [0.2, 0.25) is 0 Å². The molecule has 0 radical (unpaired) electrons. The molecule has 5 nitrogen and oxygen atoms in total. The molecular formula is C19H20BrN3O2. The number of azo groups is 1. The van der Waals surface area contributed by atoms with Crippen LogP contribution in [0.25, 0.3) is 0 Å². The van der Waals surface area contributed by atoms with Crippen molar-refractivity contribution in [2.75, 3.05) is 24.6 Å². The summed E-state index contributed by atoms with van der Waals surface area (Å²) in [6.45, 7) is 3.55. The molecule has 3 rings (SSSR count). The Kier molecular flexibility index (Phi) is 5.81. The molecule has 0 saturated carbocycles. The zero-order chi connectivity index (χ0) is 17.6. The van der Waals surface area contributed by atoms with Crippen molar-refractivity contribution in [2.24, 2.45) is 10.2 Å². The van der Waals surface area contributed by atoms with Crippen molar-refractivity contribution in [3.05, 3.63) is 52.5 Å². The SMILES string of the molecule is CC(=O)OCCN1CCCc2cc(N=Nc3ccc(Br)cc3)ccc21. The van der Waals surface area contributed by atoms with E-state index in [1.54, 1.807) is 0 Å². The molecule has 6 heteroatoms. The maximum atomic E-state index is 10.9. The van der Waals surface area contributed by atoms with Crippen LogP contribution in [0.1, 0.15) is 18.9 Å². The summed E-state index contributed by atoms with van der Waals surface area (Å²) in [7, 11) is 0. The number of carbonyl (C=O) groups is 1. The first-order valence-corrected chi connectivity index (χ1v) is 9.10. The zero-order valence-corrected chi connectivity index (χ0v) is 15.7. The Morgan fingerprint density at radius 2 is 1.88 bits per heavy atom. The molecule has 2 aromatic rings. The minimum Gasteiger partial charge on any atom is -0.464 e. The topological polar surface area (TPSA) is 54.3 Å². The zero-order valence-electron chi connectivity index (χ0n) is 14.1. The number of aryl methyl sites for hydroxylation is 1. The second-order valence-electron chi connectivity index (χ2n) is 5.92. The maximum Gasteiger partial charge on any atom is 0.302 e. The fraction of sp³-hybridized carbons (Fsp3) is 0.316. The summed E-state index contributed by atoms with van der Waals surface area (Å²) in [4.78, 5) is 13.2. The van der Waals surface area contributed by atoms with Gasteiger partial charge in [0.05, 0.1) is 17.9 Å². The van der Waals surface area contributed by atoms with E-state index in [4.69, 9.17) is 4.74 Å². The molecule has 0 N–H and O–H groups in total. The van der Waals surface area contributed by atoms with E-state index in [1.165, 1.54) is 18.2 Å². The van der Waals surface area contributed by atoms with Crippen molar-refractivity contribution in [1.29, 1.82) is 0 Å². The average Bonchev–Trinajstić information content (AvgIpc) is 2.61. The number of hydrogen-bond acceptors (Lipinski definition) is 5. The van der Waals surface area contributed by atoms with Crippen molar-refractivity contribution in [3.8, 4) is 0 Å². The summed E-state index contributed by atoms with van der Waals surface area (Å²) >= 11 is 3.41. The van der Waals surface area contributed by atoms with Gasteiger partial charge in [0.25, 0.3) is 0 Å². The van der Waals surface area contributed by atoms with E-state index in [9.17, 15) is 4.79 Å². The van der Waals surface area contributed by atoms with Gasteiger partial charge in [0.15, 0.2) is 0 Å². The fourth-order valence-electron chi connectivity index (χ4n) is 2.88. The van der Waals surface area contributed by atoms with Crippen LogP contribution in [-0.2, 0) is 16.0 Å². The van der Waals surface area contributed by atoms with E-state index in [1.807, 2.05) is 30.3 Å². The Morgan fingerprint density at radius 3 is 2.64 bits per heavy atom. The first kappa shape index (κ1) is 17.6. The number of esters is 1. The lowest BCUT2D eigenvalue weighted by Crippen LogP contribution is -2.32. The fourth-order valence-corrected chi connectivity index (χ4v) is 3.14. The Morgan fingerprint density at radius 1 is 1.16 bits per heavy atom. The lowest BCUT2D eigenvalue weighted by molar-refractivity contribution is -0.140. The molecule has 0 unspecified atom stereocenters. The highest BCUT2D eigenvalue weighted by Gasteiger charge is 2.17. The quantitative estimate of drug-likeness (QED) is 0.512. The molecule has 0 saturated heterocycles. The van der Waals surface area contributed by atoms with E-state index in [0.29, 0.717) is 13.2 Å². The third kappa shape index (κ3) is 4.89. The molecule has 0 atom stereocenters. The standard InChI is InChI=1S/C19H20BrN3O2/c1-14(24)25-12-11-23-10-2-3-15-13-18(8-9-19(15)23)22-21-17-6-4-16(20)5-7-17/h4-9,13H,2-3,10-12H2,1H3. The number of ether oxygens (including phenoxy) is 1. The molecule has 0 aliphatic carbocycles. The highest BCUT2D eigenvalue weighted by Crippen LogP contribution is 2.31. The van der Waals surface area contributed by atoms with Gasteiger partial charge >= 0.3 is 5.97 Å². The summed E-state index contributed by atoms with van der Waals surface area (Å²) in [5.41, 5.74) is 4.13. The Balaban J connectivity index is 1.70. The van der Waals surface area contributed by atoms with Crippen LogP contribution in [0, 0.1) is 0 Å². The van der Waals surface area contributed by atoms with Gasteiger partial charge in [-0.2, -0.15) is 10.2 Å². The minimum atomic E-state index is -0.235. The number of nitrogens with zero attached hydrogens (tertiary/aromatic N) is 3. The van der Waals surface area contributed by atoms with Crippen LogP contribution in [0.4, 0.5) is 17.1 Å². The molecule has 0 bridgehead atoms. The predicted molar refractivity (Wildman–Crippen MR) is 102 cm³/mol. The van der Waals surface area contributed by atoms with Crippen molar-refractivity contribution in [2.45, 2.75) is 19.8 Å². The van der Waals surface area contributed by atoms with Crippen molar-refractivity contribution >= 4 is 39.0 Å². The average molecular weight is 402 g/mol. The summed E-state index contributed by atoms with van der Waals surface area (Å²) < 4.78 is 6.08. The smallest absolute Gasteiger partial charge is 0.302 e. The Hall–Kier alpha value is -2.21. The molecule has 130 valence electrons. The molecule has 1 aliphatic heterocycles. The molecule has 0 fully saturated rings. The Bertz CT molecular complexity index is 775. The number of carbonyl (C=O) groups excluding carboxylic acids is 1. The predicted octanol–water partition coefficient (Wildman–Crippen LogP) is 5.18. The van der Waals surface area contributed by atoms with E-state index < -0.39 is 0 Å². The van der Waals surface area contributed by atoms with Crippen molar-refractivity contribution in [1.82, 2.24) is 0 Å². The normalized spacial score (nSPS) is 13.8. The number of hydrogen-bond donors (Lipinski definition) is 0. The number of rotatable bonds is 5. The lowest BCUT2D eigenvalue weighted by atomic mass is 10.0. The summed E-state index contributed by atoms with van der Waals surface area (Å²) in [5, 5.41) is 8.63. The number of benzene rings is 2. The van der Waals surface area contributed by atoms with Gasteiger partial charge in [-0.05, 0) is 60.9 Å². The highest BCUT2D eigenvalue weighted by molar-refractivity contribution is 9.10. The largest absolute Gasteiger partial charge is 0.464 e. The van der Waals surface area contributed by atoms with E-state index in [0.717, 1.165) is 35.2 Å². The minimum absolute atomic E-state index is 0.235. The van der Waals surface area contributed by atoms with Crippen LogP contribution < -0.4 is 4.90 Å². The van der Waals surface area contributed by atoms with Crippen LogP contribution in [0.3, 0.4) is 0 Å². The third-order valence-corrected chi connectivity index (χ3v) is 4.58. The first-order valence-electron chi connectivity index (χ1n) is 8.30. The van der Waals surface area contributed by atoms with Crippen molar-refractivity contribution in [3.63, 3.8) is 0 Å². The molecule has 0 aromatic heterocycles. The summed E-state index contributed by atoms with van der Waals surface area (Å²) in [5.74, 6) is -0.235.